The van der Waals surface area contributed by atoms with Crippen LogP contribution in [0.3, 0.4) is 0 Å². The van der Waals surface area contributed by atoms with Crippen LogP contribution in [0.25, 0.3) is 0 Å². The van der Waals surface area contributed by atoms with Gasteiger partial charge in [-0.15, -0.1) is 0 Å². The van der Waals surface area contributed by atoms with Crippen LogP contribution < -0.4 is 10.1 Å². The van der Waals surface area contributed by atoms with Gasteiger partial charge in [-0.2, -0.15) is 0 Å². The average molecular weight is 336 g/mol. The molecule has 0 saturated heterocycles. The predicted molar refractivity (Wildman–Crippen MR) is 97.1 cm³/mol. The second kappa shape index (κ2) is 6.24. The zero-order valence-corrected chi connectivity index (χ0v) is 14.0. The van der Waals surface area contributed by atoms with E-state index in [1.165, 1.54) is 5.56 Å². The lowest BCUT2D eigenvalue weighted by atomic mass is 9.77. The maximum atomic E-state index is 10.9. The number of rotatable bonds is 4. The van der Waals surface area contributed by atoms with E-state index in [9.17, 15) is 10.1 Å². The van der Waals surface area contributed by atoms with E-state index >= 15 is 0 Å². The number of hydrogen-bond acceptors (Lipinski definition) is 4. The highest BCUT2D eigenvalue weighted by atomic mass is 16.6. The molecule has 0 bridgehead atoms. The highest BCUT2D eigenvalue weighted by Crippen LogP contribution is 2.52. The Bertz CT molecular complexity index is 829. The number of non-ortho nitro benzene ring substituents is 1. The number of para-hydroxylation sites is 1. The van der Waals surface area contributed by atoms with Crippen LogP contribution in [-0.4, -0.2) is 11.5 Å². The molecule has 3 atom stereocenters. The Morgan fingerprint density at radius 3 is 2.76 bits per heavy atom. The fraction of sp³-hybridized carbons (Fsp3) is 0.300. The van der Waals surface area contributed by atoms with Gasteiger partial charge in [0.25, 0.3) is 5.69 Å². The number of ether oxygens (including phenoxy) is 1. The van der Waals surface area contributed by atoms with Crippen molar-refractivity contribution in [3.05, 3.63) is 75.9 Å². The third-order valence-corrected chi connectivity index (χ3v) is 5.12. The molecule has 0 amide bonds. The molecule has 5 nitrogen and oxygen atoms in total. The van der Waals surface area contributed by atoms with E-state index in [4.69, 9.17) is 4.74 Å². The first kappa shape index (κ1) is 15.7. The third kappa shape index (κ3) is 2.65. The fourth-order valence-corrected chi connectivity index (χ4v) is 4.00. The van der Waals surface area contributed by atoms with Crippen LogP contribution in [0.1, 0.15) is 36.4 Å². The van der Waals surface area contributed by atoms with Crippen LogP contribution in [0, 0.1) is 16.0 Å². The summed E-state index contributed by atoms with van der Waals surface area (Å²) in [4.78, 5) is 10.6. The first-order valence-electron chi connectivity index (χ1n) is 8.62. The number of nitrogens with zero attached hydrogens (tertiary/aromatic N) is 1. The Hall–Kier alpha value is -2.82. The molecule has 0 saturated carbocycles. The van der Waals surface area contributed by atoms with Gasteiger partial charge < -0.3 is 10.1 Å². The normalized spacial score (nSPS) is 23.5. The second-order valence-corrected chi connectivity index (χ2v) is 6.48. The van der Waals surface area contributed by atoms with Crippen molar-refractivity contribution in [2.24, 2.45) is 5.92 Å². The Morgan fingerprint density at radius 1 is 1.24 bits per heavy atom. The standard InChI is InChI=1S/C20H20N2O3/c1-2-25-18-8-4-7-17-15-5-3-6-16(15)19(21-20(17)18)13-9-11-14(12-10-13)22(23)24/h3-5,7-12,15-16,19,21H,2,6H2,1H3/t15-,16+,19+/m1/s1. The third-order valence-electron chi connectivity index (χ3n) is 5.12. The van der Waals surface area contributed by atoms with Crippen LogP contribution in [-0.2, 0) is 0 Å². The molecule has 1 heterocycles. The minimum Gasteiger partial charge on any atom is -0.492 e. The summed E-state index contributed by atoms with van der Waals surface area (Å²) < 4.78 is 5.81. The smallest absolute Gasteiger partial charge is 0.269 e. The first-order chi connectivity index (χ1) is 12.2. The van der Waals surface area contributed by atoms with Crippen LogP contribution in [0.4, 0.5) is 11.4 Å². The number of nitro benzene ring substituents is 1. The highest BCUT2D eigenvalue weighted by molar-refractivity contribution is 5.67. The summed E-state index contributed by atoms with van der Waals surface area (Å²) in [7, 11) is 0. The molecule has 0 unspecified atom stereocenters. The lowest BCUT2D eigenvalue weighted by Gasteiger charge is -2.38. The minimum atomic E-state index is -0.361. The predicted octanol–water partition coefficient (Wildman–Crippen LogP) is 4.82. The number of benzene rings is 2. The SMILES string of the molecule is CCOc1cccc2c1N[C@@H](c1ccc([N+](=O)[O-])cc1)[C@H]1CC=C[C@@H]21. The van der Waals surface area contributed by atoms with Crippen molar-refractivity contribution < 1.29 is 9.66 Å². The molecule has 0 fully saturated rings. The monoisotopic (exact) mass is 336 g/mol. The van der Waals surface area contributed by atoms with E-state index in [1.807, 2.05) is 31.2 Å². The van der Waals surface area contributed by atoms with E-state index in [0.717, 1.165) is 23.4 Å². The second-order valence-electron chi connectivity index (χ2n) is 6.48. The van der Waals surface area contributed by atoms with Crippen LogP contribution >= 0.6 is 0 Å². The van der Waals surface area contributed by atoms with Gasteiger partial charge in [0, 0.05) is 18.1 Å². The number of fused-ring (bicyclic) bond motifs is 3. The maximum absolute atomic E-state index is 10.9. The molecular formula is C20H20N2O3. The van der Waals surface area contributed by atoms with Gasteiger partial charge in [-0.3, -0.25) is 10.1 Å². The van der Waals surface area contributed by atoms with Gasteiger partial charge in [0.05, 0.1) is 23.3 Å². The van der Waals surface area contributed by atoms with Crippen molar-refractivity contribution in [1.29, 1.82) is 0 Å². The summed E-state index contributed by atoms with van der Waals surface area (Å²) >= 11 is 0. The number of nitrogens with one attached hydrogen (secondary N) is 1. The number of hydrogen-bond donors (Lipinski definition) is 1. The molecule has 1 aliphatic heterocycles. The van der Waals surface area contributed by atoms with E-state index in [1.54, 1.807) is 12.1 Å². The molecule has 0 radical (unpaired) electrons. The number of anilines is 1. The summed E-state index contributed by atoms with van der Waals surface area (Å²) in [6.07, 6.45) is 5.51. The van der Waals surface area contributed by atoms with Gasteiger partial charge in [-0.1, -0.05) is 36.4 Å². The van der Waals surface area contributed by atoms with Gasteiger partial charge in [-0.25, -0.2) is 0 Å². The molecular weight excluding hydrogens is 316 g/mol. The average Bonchev–Trinajstić information content (AvgIpc) is 3.12. The van der Waals surface area contributed by atoms with Gasteiger partial charge >= 0.3 is 0 Å². The van der Waals surface area contributed by atoms with Crippen LogP contribution in [0.5, 0.6) is 5.75 Å². The number of allylic oxidation sites excluding steroid dienone is 2. The minimum absolute atomic E-state index is 0.106. The van der Waals surface area contributed by atoms with Crippen molar-refractivity contribution in [3.63, 3.8) is 0 Å². The number of nitro groups is 1. The van der Waals surface area contributed by atoms with E-state index in [0.29, 0.717) is 18.4 Å². The lowest BCUT2D eigenvalue weighted by Crippen LogP contribution is -2.29. The Labute approximate surface area is 146 Å². The summed E-state index contributed by atoms with van der Waals surface area (Å²) in [5.41, 5.74) is 3.50. The van der Waals surface area contributed by atoms with E-state index in [2.05, 4.69) is 23.5 Å². The first-order valence-corrected chi connectivity index (χ1v) is 8.62. The van der Waals surface area contributed by atoms with Crippen LogP contribution in [0.2, 0.25) is 0 Å². The Balaban J connectivity index is 1.74. The van der Waals surface area contributed by atoms with Crippen molar-refractivity contribution in [1.82, 2.24) is 0 Å². The van der Waals surface area contributed by atoms with Crippen molar-refractivity contribution >= 4 is 11.4 Å². The largest absolute Gasteiger partial charge is 0.492 e. The van der Waals surface area contributed by atoms with Gasteiger partial charge in [0.1, 0.15) is 5.75 Å². The van der Waals surface area contributed by atoms with Crippen LogP contribution in [0.15, 0.2) is 54.6 Å². The lowest BCUT2D eigenvalue weighted by molar-refractivity contribution is -0.384. The van der Waals surface area contributed by atoms with Crippen molar-refractivity contribution in [2.45, 2.75) is 25.3 Å². The molecule has 1 N–H and O–H groups in total. The van der Waals surface area contributed by atoms with Crippen molar-refractivity contribution in [2.75, 3.05) is 11.9 Å². The maximum Gasteiger partial charge on any atom is 0.269 e. The van der Waals surface area contributed by atoms with Gasteiger partial charge in [-0.05, 0) is 36.5 Å². The zero-order chi connectivity index (χ0) is 17.4. The molecule has 0 aromatic heterocycles. The molecule has 25 heavy (non-hydrogen) atoms. The summed E-state index contributed by atoms with van der Waals surface area (Å²) in [6.45, 7) is 2.60. The summed E-state index contributed by atoms with van der Waals surface area (Å²) in [5.74, 6) is 1.62. The topological polar surface area (TPSA) is 64.4 Å². The molecule has 4 rings (SSSR count). The zero-order valence-electron chi connectivity index (χ0n) is 14.0. The summed E-state index contributed by atoms with van der Waals surface area (Å²) in [5, 5.41) is 14.6. The fourth-order valence-electron chi connectivity index (χ4n) is 4.00. The Kier molecular flexibility index (Phi) is 3.92. The molecule has 2 aliphatic rings. The summed E-state index contributed by atoms with van der Waals surface area (Å²) in [6, 6.07) is 13.2. The van der Waals surface area contributed by atoms with Gasteiger partial charge in [0.2, 0.25) is 0 Å². The quantitative estimate of drug-likeness (QED) is 0.494. The molecule has 1 aliphatic carbocycles. The Morgan fingerprint density at radius 2 is 2.04 bits per heavy atom. The molecule has 128 valence electrons. The van der Waals surface area contributed by atoms with Gasteiger partial charge in [0.15, 0.2) is 0 Å². The molecule has 5 heteroatoms. The molecule has 2 aromatic carbocycles. The van der Waals surface area contributed by atoms with Crippen molar-refractivity contribution in [3.8, 4) is 5.75 Å². The van der Waals surface area contributed by atoms with E-state index < -0.39 is 0 Å². The molecule has 2 aromatic rings. The van der Waals surface area contributed by atoms with E-state index in [-0.39, 0.29) is 16.7 Å². The molecule has 0 spiro atoms. The highest BCUT2D eigenvalue weighted by Gasteiger charge is 2.39.